The molecule has 1 aliphatic carbocycles. The number of hydrogen-bond donors (Lipinski definition) is 5. The summed E-state index contributed by atoms with van der Waals surface area (Å²) in [7, 11) is -3.89. The van der Waals surface area contributed by atoms with Crippen molar-refractivity contribution in [3.05, 3.63) is 71.3 Å². The summed E-state index contributed by atoms with van der Waals surface area (Å²) in [5.41, 5.74) is -1.07. The van der Waals surface area contributed by atoms with Crippen LogP contribution < -0.4 is 10.0 Å². The van der Waals surface area contributed by atoms with Gasteiger partial charge in [-0.15, -0.1) is 0 Å². The second kappa shape index (κ2) is 9.18. The van der Waals surface area contributed by atoms with Gasteiger partial charge < -0.3 is 10.3 Å². The molecule has 0 unspecified atom stereocenters. The number of sulfonamides is 1. The smallest absolute Gasteiger partial charge is 0.232 e. The standard InChI is InChI=1S/C22H19F2N7O3S/c1-2-7-35(33,34)31-16-6-4-13(23)18(19(16)24)20(32)12-9-27-21-17(12)22(29-10-28-21)30-11-3-5-14(25)15(26)8-11/h3-6,8-10,25-26,31H,2,7H2,1H3,(H2,27,28,29,30). The van der Waals surface area contributed by atoms with Crippen LogP contribution in [0.15, 0.2) is 48.6 Å². The molecule has 35 heavy (non-hydrogen) atoms. The van der Waals surface area contributed by atoms with Crippen LogP contribution in [-0.2, 0) is 10.0 Å². The molecule has 180 valence electrons. The number of rotatable bonds is 8. The highest BCUT2D eigenvalue weighted by atomic mass is 32.2. The fourth-order valence-electron chi connectivity index (χ4n) is 3.46. The molecule has 1 aliphatic rings. The van der Waals surface area contributed by atoms with E-state index in [1.807, 2.05) is 4.72 Å². The van der Waals surface area contributed by atoms with Gasteiger partial charge in [0.2, 0.25) is 15.8 Å². The van der Waals surface area contributed by atoms with Gasteiger partial charge in [0.25, 0.3) is 0 Å². The molecule has 0 fully saturated rings. The fraction of sp³-hybridized carbons (Fsp3) is 0.136. The van der Waals surface area contributed by atoms with Crippen molar-refractivity contribution in [2.45, 2.75) is 13.3 Å². The van der Waals surface area contributed by atoms with Crippen molar-refractivity contribution in [3.63, 3.8) is 0 Å². The molecule has 0 spiro atoms. The van der Waals surface area contributed by atoms with Crippen molar-refractivity contribution in [2.75, 3.05) is 15.8 Å². The number of H-pyrrole nitrogens is 1. The van der Waals surface area contributed by atoms with Gasteiger partial charge in [0.15, 0.2) is 5.82 Å². The summed E-state index contributed by atoms with van der Waals surface area (Å²) in [6.07, 6.45) is 7.04. The highest BCUT2D eigenvalue weighted by Gasteiger charge is 2.27. The van der Waals surface area contributed by atoms with E-state index >= 15 is 4.39 Å². The Morgan fingerprint density at radius 2 is 1.91 bits per heavy atom. The van der Waals surface area contributed by atoms with Gasteiger partial charge in [0.1, 0.15) is 23.6 Å². The van der Waals surface area contributed by atoms with Gasteiger partial charge >= 0.3 is 0 Å². The molecule has 0 saturated heterocycles. The van der Waals surface area contributed by atoms with Crippen LogP contribution in [0, 0.1) is 22.5 Å². The molecule has 13 heteroatoms. The highest BCUT2D eigenvalue weighted by molar-refractivity contribution is 7.92. The number of nitrogens with zero attached hydrogens (tertiary/aromatic N) is 2. The molecule has 5 N–H and O–H groups in total. The molecule has 0 saturated carbocycles. The second-order valence-electron chi connectivity index (χ2n) is 7.57. The molecule has 0 atom stereocenters. The van der Waals surface area contributed by atoms with E-state index in [0.717, 1.165) is 12.1 Å². The zero-order valence-corrected chi connectivity index (χ0v) is 19.1. The Labute approximate surface area is 198 Å². The van der Waals surface area contributed by atoms with Gasteiger partial charge in [0.05, 0.1) is 39.4 Å². The molecular weight excluding hydrogens is 480 g/mol. The number of aromatic nitrogens is 3. The van der Waals surface area contributed by atoms with E-state index in [9.17, 15) is 17.6 Å². The number of carbonyl (C=O) groups excluding carboxylic acids is 1. The normalized spacial score (nSPS) is 13.7. The first kappa shape index (κ1) is 23.9. The molecule has 0 radical (unpaired) electrons. The Bertz CT molecular complexity index is 1560. The first-order valence-corrected chi connectivity index (χ1v) is 12.0. The average Bonchev–Trinajstić information content (AvgIpc) is 3.23. The minimum Gasteiger partial charge on any atom is -0.345 e. The van der Waals surface area contributed by atoms with Crippen LogP contribution >= 0.6 is 0 Å². The minimum atomic E-state index is -3.89. The monoisotopic (exact) mass is 499 g/mol. The third kappa shape index (κ3) is 4.71. The van der Waals surface area contributed by atoms with Crippen LogP contribution in [0.25, 0.3) is 11.0 Å². The summed E-state index contributed by atoms with van der Waals surface area (Å²) < 4.78 is 56.0. The van der Waals surface area contributed by atoms with Crippen LogP contribution in [0.1, 0.15) is 29.3 Å². The average molecular weight is 500 g/mol. The van der Waals surface area contributed by atoms with Crippen molar-refractivity contribution in [1.82, 2.24) is 15.0 Å². The number of nitrogens with one attached hydrogen (secondary N) is 5. The number of aromatic amines is 1. The molecule has 0 amide bonds. The van der Waals surface area contributed by atoms with Crippen molar-refractivity contribution < 1.29 is 22.0 Å². The minimum absolute atomic E-state index is 0.0151. The Balaban J connectivity index is 1.77. The molecule has 2 aromatic heterocycles. The molecular formula is C22H19F2N7O3S. The van der Waals surface area contributed by atoms with Gasteiger partial charge in [0, 0.05) is 11.9 Å². The summed E-state index contributed by atoms with van der Waals surface area (Å²) in [4.78, 5) is 24.2. The zero-order chi connectivity index (χ0) is 25.3. The molecule has 0 bridgehead atoms. The van der Waals surface area contributed by atoms with Crippen LogP contribution in [0.3, 0.4) is 0 Å². The van der Waals surface area contributed by atoms with Crippen LogP contribution in [-0.4, -0.2) is 46.3 Å². The summed E-state index contributed by atoms with van der Waals surface area (Å²) in [5.74, 6) is -3.72. The number of anilines is 2. The predicted molar refractivity (Wildman–Crippen MR) is 128 cm³/mol. The zero-order valence-electron chi connectivity index (χ0n) is 18.2. The summed E-state index contributed by atoms with van der Waals surface area (Å²) in [5, 5.41) is 18.5. The largest absolute Gasteiger partial charge is 0.345 e. The van der Waals surface area contributed by atoms with Gasteiger partial charge in [-0.05, 0) is 36.8 Å². The maximum atomic E-state index is 15.2. The van der Waals surface area contributed by atoms with E-state index in [2.05, 4.69) is 20.3 Å². The molecule has 3 aromatic rings. The summed E-state index contributed by atoms with van der Waals surface area (Å²) in [6, 6.07) is 1.72. The third-order valence-electron chi connectivity index (χ3n) is 5.05. The Hall–Kier alpha value is -4.26. The maximum absolute atomic E-state index is 15.2. The Kier molecular flexibility index (Phi) is 6.26. The lowest BCUT2D eigenvalue weighted by molar-refractivity contribution is 0.103. The lowest BCUT2D eigenvalue weighted by Gasteiger charge is -2.13. The molecule has 10 nitrogen and oxygen atoms in total. The first-order chi connectivity index (χ1) is 16.6. The lowest BCUT2D eigenvalue weighted by atomic mass is 10.0. The third-order valence-corrected chi connectivity index (χ3v) is 6.53. The molecule has 1 aromatic carbocycles. The van der Waals surface area contributed by atoms with E-state index in [4.69, 9.17) is 10.8 Å². The number of fused-ring (bicyclic) bond motifs is 1. The van der Waals surface area contributed by atoms with Crippen molar-refractivity contribution >= 4 is 49.8 Å². The van der Waals surface area contributed by atoms with E-state index in [1.54, 1.807) is 6.92 Å². The summed E-state index contributed by atoms with van der Waals surface area (Å²) >= 11 is 0. The number of benzene rings is 1. The fourth-order valence-corrected chi connectivity index (χ4v) is 4.59. The first-order valence-electron chi connectivity index (χ1n) is 10.3. The number of hydrogen-bond acceptors (Lipinski definition) is 8. The van der Waals surface area contributed by atoms with E-state index in [-0.39, 0.29) is 46.0 Å². The number of ketones is 1. The lowest BCUT2D eigenvalue weighted by Crippen LogP contribution is -2.18. The van der Waals surface area contributed by atoms with Crippen LogP contribution in [0.5, 0.6) is 0 Å². The molecule has 0 aliphatic heterocycles. The van der Waals surface area contributed by atoms with Crippen LogP contribution in [0.2, 0.25) is 0 Å². The van der Waals surface area contributed by atoms with Crippen molar-refractivity contribution in [3.8, 4) is 0 Å². The van der Waals surface area contributed by atoms with E-state index in [0.29, 0.717) is 5.70 Å². The number of carbonyl (C=O) groups is 1. The van der Waals surface area contributed by atoms with Crippen LogP contribution in [0.4, 0.5) is 20.3 Å². The SMILES string of the molecule is CCCS(=O)(=O)Nc1ccc(F)c(C(=O)c2c[nH]c3ncnc(NC4=CC(=N)C(=N)C=C4)c23)c1F. The quantitative estimate of drug-likeness (QED) is 0.235. The molecule has 4 rings (SSSR count). The van der Waals surface area contributed by atoms with E-state index in [1.165, 1.54) is 30.8 Å². The number of allylic oxidation sites excluding steroid dienone is 3. The second-order valence-corrected chi connectivity index (χ2v) is 9.41. The van der Waals surface area contributed by atoms with Gasteiger partial charge in [-0.25, -0.2) is 27.2 Å². The summed E-state index contributed by atoms with van der Waals surface area (Å²) in [6.45, 7) is 1.63. The maximum Gasteiger partial charge on any atom is 0.232 e. The van der Waals surface area contributed by atoms with Gasteiger partial charge in [-0.3, -0.25) is 20.3 Å². The van der Waals surface area contributed by atoms with Gasteiger partial charge in [-0.2, -0.15) is 0 Å². The Morgan fingerprint density at radius 3 is 2.63 bits per heavy atom. The topological polar surface area (TPSA) is 165 Å². The van der Waals surface area contributed by atoms with Gasteiger partial charge in [-0.1, -0.05) is 6.92 Å². The van der Waals surface area contributed by atoms with Crippen molar-refractivity contribution in [1.29, 1.82) is 10.8 Å². The van der Waals surface area contributed by atoms with E-state index < -0.39 is 38.7 Å². The number of halogens is 2. The Morgan fingerprint density at radius 1 is 1.14 bits per heavy atom. The molecule has 2 heterocycles. The van der Waals surface area contributed by atoms with Crippen molar-refractivity contribution in [2.24, 2.45) is 0 Å². The highest BCUT2D eigenvalue weighted by Crippen LogP contribution is 2.30. The predicted octanol–water partition coefficient (Wildman–Crippen LogP) is 3.52.